The van der Waals surface area contributed by atoms with Crippen molar-refractivity contribution in [2.75, 3.05) is 25.0 Å². The van der Waals surface area contributed by atoms with Crippen LogP contribution in [0.2, 0.25) is 0 Å². The Morgan fingerprint density at radius 1 is 1.21 bits per heavy atom. The van der Waals surface area contributed by atoms with Crippen molar-refractivity contribution in [3.05, 3.63) is 29.8 Å². The summed E-state index contributed by atoms with van der Waals surface area (Å²) in [5.41, 5.74) is 1.87. The summed E-state index contributed by atoms with van der Waals surface area (Å²) >= 11 is 0. The van der Waals surface area contributed by atoms with Crippen LogP contribution in [0.4, 0.5) is 5.69 Å². The van der Waals surface area contributed by atoms with Gasteiger partial charge in [0.15, 0.2) is 5.96 Å². The Bertz CT molecular complexity index is 744. The summed E-state index contributed by atoms with van der Waals surface area (Å²) in [5, 5.41) is 9.75. The smallest absolute Gasteiger partial charge is 0.227 e. The number of hydrogen-bond acceptors (Lipinski definition) is 3. The molecule has 1 saturated heterocycles. The maximum Gasteiger partial charge on any atom is 0.227 e. The fourth-order valence-corrected chi connectivity index (χ4v) is 3.67. The standard InChI is InChI=1S/C22H33N5O2/c1-3-20(28)27-12-11-19(15-27)26-22(23-4-2)24-14-16-7-5-10-18(13-16)25-21(29)17-8-6-9-17/h5,7,10,13,17,19H,3-4,6,8-9,11-12,14-15H2,1-2H3,(H,25,29)(H2,23,24,26). The van der Waals surface area contributed by atoms with Gasteiger partial charge in [-0.2, -0.15) is 0 Å². The number of guanidine groups is 1. The predicted octanol–water partition coefficient (Wildman–Crippen LogP) is 2.49. The molecule has 0 bridgehead atoms. The molecule has 1 aliphatic heterocycles. The van der Waals surface area contributed by atoms with Crippen LogP contribution in [0.25, 0.3) is 0 Å². The lowest BCUT2D eigenvalue weighted by atomic mass is 9.85. The molecule has 1 saturated carbocycles. The molecule has 2 amide bonds. The van der Waals surface area contributed by atoms with Crippen LogP contribution in [0.3, 0.4) is 0 Å². The van der Waals surface area contributed by atoms with Gasteiger partial charge in [0.05, 0.1) is 6.54 Å². The Balaban J connectivity index is 1.56. The summed E-state index contributed by atoms with van der Waals surface area (Å²) in [7, 11) is 0. The van der Waals surface area contributed by atoms with Gasteiger partial charge in [-0.15, -0.1) is 0 Å². The largest absolute Gasteiger partial charge is 0.357 e. The van der Waals surface area contributed by atoms with Crippen LogP contribution in [-0.2, 0) is 16.1 Å². The second-order valence-corrected chi connectivity index (χ2v) is 7.84. The molecule has 7 nitrogen and oxygen atoms in total. The maximum absolute atomic E-state index is 12.2. The van der Waals surface area contributed by atoms with Crippen molar-refractivity contribution >= 4 is 23.5 Å². The molecule has 0 aromatic heterocycles. The number of anilines is 1. The molecule has 1 aromatic carbocycles. The number of carbonyl (C=O) groups excluding carboxylic acids is 2. The molecular formula is C22H33N5O2. The van der Waals surface area contributed by atoms with E-state index >= 15 is 0 Å². The summed E-state index contributed by atoms with van der Waals surface area (Å²) in [4.78, 5) is 30.6. The Kier molecular flexibility index (Phi) is 7.49. The van der Waals surface area contributed by atoms with Gasteiger partial charge in [0.2, 0.25) is 11.8 Å². The van der Waals surface area contributed by atoms with Crippen molar-refractivity contribution in [1.82, 2.24) is 15.5 Å². The van der Waals surface area contributed by atoms with Crippen LogP contribution in [-0.4, -0.2) is 48.3 Å². The van der Waals surface area contributed by atoms with Crippen LogP contribution in [0.5, 0.6) is 0 Å². The zero-order chi connectivity index (χ0) is 20.6. The SMILES string of the molecule is CCNC(=NCc1cccc(NC(=O)C2CCC2)c1)NC1CCN(C(=O)CC)C1. The van der Waals surface area contributed by atoms with E-state index < -0.39 is 0 Å². The summed E-state index contributed by atoms with van der Waals surface area (Å²) in [6, 6.07) is 8.10. The summed E-state index contributed by atoms with van der Waals surface area (Å²) in [6.45, 7) is 6.75. The molecule has 1 aromatic rings. The number of amides is 2. The average Bonchev–Trinajstić information content (AvgIpc) is 3.13. The van der Waals surface area contributed by atoms with E-state index in [0.717, 1.165) is 62.5 Å². The van der Waals surface area contributed by atoms with E-state index in [4.69, 9.17) is 4.99 Å². The Hall–Kier alpha value is -2.57. The molecule has 7 heteroatoms. The third-order valence-corrected chi connectivity index (χ3v) is 5.62. The molecular weight excluding hydrogens is 366 g/mol. The van der Waals surface area contributed by atoms with E-state index in [0.29, 0.717) is 13.0 Å². The summed E-state index contributed by atoms with van der Waals surface area (Å²) in [5.74, 6) is 1.26. The number of benzene rings is 1. The van der Waals surface area contributed by atoms with Crippen molar-refractivity contribution in [1.29, 1.82) is 0 Å². The van der Waals surface area contributed by atoms with E-state index in [1.54, 1.807) is 0 Å². The van der Waals surface area contributed by atoms with Gasteiger partial charge in [0, 0.05) is 43.7 Å². The second kappa shape index (κ2) is 10.3. The van der Waals surface area contributed by atoms with Gasteiger partial charge in [-0.3, -0.25) is 9.59 Å². The van der Waals surface area contributed by atoms with Crippen molar-refractivity contribution in [2.24, 2.45) is 10.9 Å². The molecule has 158 valence electrons. The van der Waals surface area contributed by atoms with Gasteiger partial charge in [0.25, 0.3) is 0 Å². The highest BCUT2D eigenvalue weighted by Gasteiger charge is 2.26. The lowest BCUT2D eigenvalue weighted by Gasteiger charge is -2.24. The molecule has 1 atom stereocenters. The molecule has 1 unspecified atom stereocenters. The summed E-state index contributed by atoms with van der Waals surface area (Å²) in [6.07, 6.45) is 4.62. The molecule has 29 heavy (non-hydrogen) atoms. The molecule has 3 N–H and O–H groups in total. The van der Waals surface area contributed by atoms with Crippen LogP contribution in [0.1, 0.15) is 51.5 Å². The molecule has 0 spiro atoms. The Labute approximate surface area is 173 Å². The normalized spacial score (nSPS) is 19.6. The quantitative estimate of drug-likeness (QED) is 0.486. The van der Waals surface area contributed by atoms with E-state index in [-0.39, 0.29) is 23.8 Å². The van der Waals surface area contributed by atoms with Gasteiger partial charge in [-0.1, -0.05) is 25.5 Å². The van der Waals surface area contributed by atoms with E-state index in [1.165, 1.54) is 0 Å². The van der Waals surface area contributed by atoms with Crippen molar-refractivity contribution in [2.45, 2.75) is 58.5 Å². The van der Waals surface area contributed by atoms with E-state index in [1.807, 2.05) is 43.0 Å². The molecule has 0 radical (unpaired) electrons. The Morgan fingerprint density at radius 3 is 2.72 bits per heavy atom. The fraction of sp³-hybridized carbons (Fsp3) is 0.591. The lowest BCUT2D eigenvalue weighted by molar-refractivity contribution is -0.129. The minimum atomic E-state index is 0.124. The van der Waals surface area contributed by atoms with Gasteiger partial charge >= 0.3 is 0 Å². The minimum absolute atomic E-state index is 0.124. The van der Waals surface area contributed by atoms with Crippen molar-refractivity contribution < 1.29 is 9.59 Å². The molecule has 3 rings (SSSR count). The number of hydrogen-bond donors (Lipinski definition) is 3. The van der Waals surface area contributed by atoms with Crippen LogP contribution >= 0.6 is 0 Å². The number of aliphatic imine (C=N–C) groups is 1. The number of nitrogens with one attached hydrogen (secondary N) is 3. The number of likely N-dealkylation sites (tertiary alicyclic amines) is 1. The van der Waals surface area contributed by atoms with Crippen molar-refractivity contribution in [3.8, 4) is 0 Å². The highest BCUT2D eigenvalue weighted by atomic mass is 16.2. The summed E-state index contributed by atoms with van der Waals surface area (Å²) < 4.78 is 0. The monoisotopic (exact) mass is 399 g/mol. The van der Waals surface area contributed by atoms with E-state index in [9.17, 15) is 9.59 Å². The average molecular weight is 400 g/mol. The first-order chi connectivity index (χ1) is 14.1. The first-order valence-electron chi connectivity index (χ1n) is 10.8. The first-order valence-corrected chi connectivity index (χ1v) is 10.8. The van der Waals surface area contributed by atoms with Gasteiger partial charge in [0.1, 0.15) is 0 Å². The third kappa shape index (κ3) is 5.95. The highest BCUT2D eigenvalue weighted by Crippen LogP contribution is 2.27. The first kappa shape index (κ1) is 21.1. The zero-order valence-corrected chi connectivity index (χ0v) is 17.5. The second-order valence-electron chi connectivity index (χ2n) is 7.84. The number of rotatable bonds is 7. The third-order valence-electron chi connectivity index (χ3n) is 5.62. The predicted molar refractivity (Wildman–Crippen MR) is 116 cm³/mol. The topological polar surface area (TPSA) is 85.8 Å². The molecule has 2 aliphatic rings. The lowest BCUT2D eigenvalue weighted by Crippen LogP contribution is -2.45. The van der Waals surface area contributed by atoms with Gasteiger partial charge < -0.3 is 20.9 Å². The molecule has 2 fully saturated rings. The highest BCUT2D eigenvalue weighted by molar-refractivity contribution is 5.93. The molecule has 1 aliphatic carbocycles. The van der Waals surface area contributed by atoms with E-state index in [2.05, 4.69) is 16.0 Å². The van der Waals surface area contributed by atoms with Crippen LogP contribution in [0.15, 0.2) is 29.3 Å². The zero-order valence-electron chi connectivity index (χ0n) is 17.5. The van der Waals surface area contributed by atoms with Crippen LogP contribution in [0, 0.1) is 5.92 Å². The van der Waals surface area contributed by atoms with Crippen LogP contribution < -0.4 is 16.0 Å². The number of nitrogens with zero attached hydrogens (tertiary/aromatic N) is 2. The Morgan fingerprint density at radius 2 is 2.03 bits per heavy atom. The maximum atomic E-state index is 12.2. The molecule has 1 heterocycles. The van der Waals surface area contributed by atoms with Gasteiger partial charge in [-0.25, -0.2) is 4.99 Å². The van der Waals surface area contributed by atoms with Crippen molar-refractivity contribution in [3.63, 3.8) is 0 Å². The van der Waals surface area contributed by atoms with Gasteiger partial charge in [-0.05, 0) is 43.9 Å². The minimum Gasteiger partial charge on any atom is -0.357 e. The fourth-order valence-electron chi connectivity index (χ4n) is 3.67. The number of carbonyl (C=O) groups is 2.